The first-order chi connectivity index (χ1) is 14.1. The number of hydrazone groups is 1. The summed E-state index contributed by atoms with van der Waals surface area (Å²) >= 11 is 0. The number of hydrogen-bond acceptors (Lipinski definition) is 7. The Hall–Kier alpha value is -4.01. The van der Waals surface area contributed by atoms with Crippen LogP contribution in [0.2, 0.25) is 0 Å². The predicted octanol–water partition coefficient (Wildman–Crippen LogP) is 3.31. The number of carboxylic acids is 1. The van der Waals surface area contributed by atoms with Crippen molar-refractivity contribution in [3.05, 3.63) is 71.6 Å². The SMILES string of the molecule is CCOc1cc(C=NNC(=O)c2ccco2)ccc1OCc1ccc(C(=O)O)o1. The Bertz CT molecular complexity index is 1010. The van der Waals surface area contributed by atoms with Gasteiger partial charge in [-0.3, -0.25) is 4.79 Å². The molecular formula is C20H18N2O7. The summed E-state index contributed by atoms with van der Waals surface area (Å²) in [6.07, 6.45) is 2.86. The molecule has 1 amide bonds. The molecule has 3 aromatic rings. The summed E-state index contributed by atoms with van der Waals surface area (Å²) in [5.74, 6) is -0.307. The van der Waals surface area contributed by atoms with Gasteiger partial charge in [-0.25, -0.2) is 10.2 Å². The third-order valence-corrected chi connectivity index (χ3v) is 3.63. The molecule has 0 bridgehead atoms. The minimum absolute atomic E-state index is 0.0417. The first-order valence-electron chi connectivity index (χ1n) is 8.65. The summed E-state index contributed by atoms with van der Waals surface area (Å²) in [5, 5.41) is 12.8. The van der Waals surface area contributed by atoms with Gasteiger partial charge in [-0.15, -0.1) is 0 Å². The molecule has 9 heteroatoms. The van der Waals surface area contributed by atoms with E-state index in [1.54, 1.807) is 24.3 Å². The van der Waals surface area contributed by atoms with Crippen LogP contribution in [0.15, 0.2) is 62.7 Å². The third kappa shape index (κ3) is 5.25. The van der Waals surface area contributed by atoms with Crippen molar-refractivity contribution in [2.24, 2.45) is 5.10 Å². The van der Waals surface area contributed by atoms with Gasteiger partial charge in [0.05, 0.1) is 19.1 Å². The fourth-order valence-electron chi connectivity index (χ4n) is 2.34. The fraction of sp³-hybridized carbons (Fsp3) is 0.150. The molecule has 3 rings (SSSR count). The lowest BCUT2D eigenvalue weighted by Crippen LogP contribution is -2.16. The molecule has 0 radical (unpaired) electrons. The van der Waals surface area contributed by atoms with Crippen molar-refractivity contribution in [2.75, 3.05) is 6.61 Å². The van der Waals surface area contributed by atoms with Crippen molar-refractivity contribution in [1.82, 2.24) is 5.43 Å². The molecule has 0 aliphatic heterocycles. The second kappa shape index (κ2) is 9.27. The molecule has 29 heavy (non-hydrogen) atoms. The van der Waals surface area contributed by atoms with Crippen LogP contribution in [0.1, 0.15) is 39.4 Å². The molecule has 150 valence electrons. The Morgan fingerprint density at radius 2 is 2.00 bits per heavy atom. The lowest BCUT2D eigenvalue weighted by atomic mass is 10.2. The van der Waals surface area contributed by atoms with Crippen molar-refractivity contribution in [3.8, 4) is 11.5 Å². The number of carbonyl (C=O) groups excluding carboxylic acids is 1. The zero-order valence-corrected chi connectivity index (χ0v) is 15.5. The quantitative estimate of drug-likeness (QED) is 0.419. The highest BCUT2D eigenvalue weighted by Crippen LogP contribution is 2.29. The Morgan fingerprint density at radius 3 is 2.69 bits per heavy atom. The number of nitrogens with zero attached hydrogens (tertiary/aromatic N) is 1. The molecule has 9 nitrogen and oxygen atoms in total. The molecule has 2 heterocycles. The highest BCUT2D eigenvalue weighted by atomic mass is 16.5. The molecule has 0 aliphatic carbocycles. The average molecular weight is 398 g/mol. The van der Waals surface area contributed by atoms with E-state index in [4.69, 9.17) is 23.4 Å². The van der Waals surface area contributed by atoms with Crippen LogP contribution in [0.3, 0.4) is 0 Å². The second-order valence-corrected chi connectivity index (χ2v) is 5.68. The minimum atomic E-state index is -1.14. The van der Waals surface area contributed by atoms with Gasteiger partial charge in [-0.1, -0.05) is 0 Å². The summed E-state index contributed by atoms with van der Waals surface area (Å²) in [5.41, 5.74) is 3.03. The van der Waals surface area contributed by atoms with E-state index >= 15 is 0 Å². The van der Waals surface area contributed by atoms with Crippen molar-refractivity contribution in [3.63, 3.8) is 0 Å². The Kier molecular flexibility index (Phi) is 6.31. The largest absolute Gasteiger partial charge is 0.490 e. The maximum atomic E-state index is 11.8. The standard InChI is InChI=1S/C20H18N2O7/c1-2-26-18-10-13(11-21-22-19(23)16-4-3-9-27-16)5-7-15(18)28-12-14-6-8-17(29-14)20(24)25/h3-11H,2,12H2,1H3,(H,22,23)(H,24,25). The number of rotatable bonds is 9. The summed E-state index contributed by atoms with van der Waals surface area (Å²) < 4.78 is 21.4. The molecule has 0 unspecified atom stereocenters. The molecule has 0 saturated carbocycles. The van der Waals surface area contributed by atoms with Gasteiger partial charge in [0.2, 0.25) is 5.76 Å². The van der Waals surface area contributed by atoms with Crippen molar-refractivity contribution in [1.29, 1.82) is 0 Å². The van der Waals surface area contributed by atoms with E-state index in [0.29, 0.717) is 29.4 Å². The first kappa shape index (κ1) is 19.7. The third-order valence-electron chi connectivity index (χ3n) is 3.63. The van der Waals surface area contributed by atoms with Gasteiger partial charge in [0.15, 0.2) is 17.3 Å². The highest BCUT2D eigenvalue weighted by Gasteiger charge is 2.11. The number of amides is 1. The number of carboxylic acid groups (broad SMARTS) is 1. The average Bonchev–Trinajstić information content (AvgIpc) is 3.40. The normalized spacial score (nSPS) is 10.8. The van der Waals surface area contributed by atoms with Crippen LogP contribution < -0.4 is 14.9 Å². The monoisotopic (exact) mass is 398 g/mol. The molecule has 0 atom stereocenters. The molecule has 0 fully saturated rings. The van der Waals surface area contributed by atoms with E-state index in [1.165, 1.54) is 30.7 Å². The van der Waals surface area contributed by atoms with E-state index in [9.17, 15) is 9.59 Å². The van der Waals surface area contributed by atoms with E-state index in [2.05, 4.69) is 10.5 Å². The van der Waals surface area contributed by atoms with Crippen LogP contribution in [-0.4, -0.2) is 29.8 Å². The number of furan rings is 2. The smallest absolute Gasteiger partial charge is 0.371 e. The number of benzene rings is 1. The highest BCUT2D eigenvalue weighted by molar-refractivity contribution is 5.92. The zero-order chi connectivity index (χ0) is 20.6. The van der Waals surface area contributed by atoms with Crippen molar-refractivity contribution < 1.29 is 33.0 Å². The predicted molar refractivity (Wildman–Crippen MR) is 101 cm³/mol. The molecule has 0 saturated heterocycles. The van der Waals surface area contributed by atoms with E-state index in [-0.39, 0.29) is 18.1 Å². The summed E-state index contributed by atoms with van der Waals surface area (Å²) in [7, 11) is 0. The zero-order valence-electron chi connectivity index (χ0n) is 15.5. The van der Waals surface area contributed by atoms with Gasteiger partial charge in [0.1, 0.15) is 12.4 Å². The number of nitrogens with one attached hydrogen (secondary N) is 1. The van der Waals surface area contributed by atoms with Crippen LogP contribution in [0, 0.1) is 0 Å². The van der Waals surface area contributed by atoms with Gasteiger partial charge < -0.3 is 23.4 Å². The number of hydrogen-bond donors (Lipinski definition) is 2. The maximum Gasteiger partial charge on any atom is 0.371 e. The molecular weight excluding hydrogens is 380 g/mol. The minimum Gasteiger partial charge on any atom is -0.490 e. The Morgan fingerprint density at radius 1 is 1.14 bits per heavy atom. The maximum absolute atomic E-state index is 11.8. The van der Waals surface area contributed by atoms with Crippen LogP contribution in [0.5, 0.6) is 11.5 Å². The van der Waals surface area contributed by atoms with E-state index < -0.39 is 11.9 Å². The summed E-state index contributed by atoms with van der Waals surface area (Å²) in [4.78, 5) is 22.6. The first-order valence-corrected chi connectivity index (χ1v) is 8.65. The van der Waals surface area contributed by atoms with Crippen molar-refractivity contribution in [2.45, 2.75) is 13.5 Å². The number of carbonyl (C=O) groups is 2. The molecule has 2 aromatic heterocycles. The van der Waals surface area contributed by atoms with Crippen LogP contribution in [0.25, 0.3) is 0 Å². The number of ether oxygens (including phenoxy) is 2. The Labute approximate surface area is 165 Å². The van der Waals surface area contributed by atoms with Gasteiger partial charge >= 0.3 is 11.9 Å². The van der Waals surface area contributed by atoms with Gasteiger partial charge in [0, 0.05) is 0 Å². The van der Waals surface area contributed by atoms with Gasteiger partial charge in [-0.05, 0) is 55.0 Å². The van der Waals surface area contributed by atoms with E-state index in [1.807, 2.05) is 6.92 Å². The second-order valence-electron chi connectivity index (χ2n) is 5.68. The van der Waals surface area contributed by atoms with Crippen LogP contribution in [0.4, 0.5) is 0 Å². The van der Waals surface area contributed by atoms with Gasteiger partial charge in [0.25, 0.3) is 0 Å². The molecule has 2 N–H and O–H groups in total. The van der Waals surface area contributed by atoms with E-state index in [0.717, 1.165) is 0 Å². The fourth-order valence-corrected chi connectivity index (χ4v) is 2.34. The lowest BCUT2D eigenvalue weighted by Gasteiger charge is -2.11. The van der Waals surface area contributed by atoms with Gasteiger partial charge in [-0.2, -0.15) is 5.10 Å². The topological polar surface area (TPSA) is 124 Å². The summed E-state index contributed by atoms with van der Waals surface area (Å²) in [6.45, 7) is 2.29. The summed E-state index contributed by atoms with van der Waals surface area (Å²) in [6, 6.07) is 11.1. The van der Waals surface area contributed by atoms with Crippen LogP contribution in [-0.2, 0) is 6.61 Å². The molecule has 0 spiro atoms. The van der Waals surface area contributed by atoms with Crippen LogP contribution >= 0.6 is 0 Å². The van der Waals surface area contributed by atoms with Crippen molar-refractivity contribution >= 4 is 18.1 Å². The lowest BCUT2D eigenvalue weighted by molar-refractivity contribution is 0.0657. The molecule has 1 aromatic carbocycles. The Balaban J connectivity index is 1.65. The number of aromatic carboxylic acids is 1. The molecule has 0 aliphatic rings.